The Hall–Kier alpha value is -1.36. The average Bonchev–Trinajstić information content (AvgIpc) is 2.38. The Balaban J connectivity index is 2.24. The first-order chi connectivity index (χ1) is 8.20. The Bertz CT molecular complexity index is 373. The molecule has 0 aromatic carbocycles. The second-order valence-electron chi connectivity index (χ2n) is 4.42. The van der Waals surface area contributed by atoms with Crippen LogP contribution in [-0.4, -0.2) is 49.7 Å². The highest BCUT2D eigenvalue weighted by atomic mass is 15.3. The fourth-order valence-electron chi connectivity index (χ4n) is 1.90. The van der Waals surface area contributed by atoms with E-state index in [2.05, 4.69) is 38.1 Å². The molecule has 0 amide bonds. The molecule has 0 aliphatic carbocycles. The molecule has 17 heavy (non-hydrogen) atoms. The number of hydrogen-bond donors (Lipinski definition) is 1. The van der Waals surface area contributed by atoms with Crippen molar-refractivity contribution in [1.29, 1.82) is 0 Å². The molecule has 1 aromatic rings. The number of rotatable bonds is 3. The van der Waals surface area contributed by atoms with Gasteiger partial charge in [0.1, 0.15) is 5.82 Å². The summed E-state index contributed by atoms with van der Waals surface area (Å²) >= 11 is 0. The molecule has 0 unspecified atom stereocenters. The van der Waals surface area contributed by atoms with Crippen molar-refractivity contribution in [2.75, 3.05) is 49.6 Å². The highest BCUT2D eigenvalue weighted by molar-refractivity contribution is 5.46. The third-order valence-electron chi connectivity index (χ3n) is 3.09. The number of hydrogen-bond acceptors (Lipinski definition) is 5. The predicted octanol–water partition coefficient (Wildman–Crippen LogP) is 0.651. The number of nitrogens with one attached hydrogen (secondary N) is 1. The van der Waals surface area contributed by atoms with Gasteiger partial charge in [-0.1, -0.05) is 0 Å². The summed E-state index contributed by atoms with van der Waals surface area (Å²) in [4.78, 5) is 13.5. The summed E-state index contributed by atoms with van der Waals surface area (Å²) in [5.74, 6) is 1.87. The van der Waals surface area contributed by atoms with Gasteiger partial charge in [0, 0.05) is 51.5 Å². The molecule has 1 N–H and O–H groups in total. The lowest BCUT2D eigenvalue weighted by atomic mass is 10.3. The van der Waals surface area contributed by atoms with Gasteiger partial charge in [0.15, 0.2) is 0 Å². The van der Waals surface area contributed by atoms with Crippen LogP contribution in [0, 0.1) is 6.92 Å². The molecule has 0 atom stereocenters. The van der Waals surface area contributed by atoms with Crippen LogP contribution in [0.3, 0.4) is 0 Å². The zero-order valence-electron chi connectivity index (χ0n) is 10.9. The van der Waals surface area contributed by atoms with Crippen LogP contribution in [0.1, 0.15) is 12.6 Å². The third kappa shape index (κ3) is 2.85. The fraction of sp³-hybridized carbons (Fsp3) is 0.667. The molecular formula is C12H21N5. The Morgan fingerprint density at radius 2 is 2.06 bits per heavy atom. The zero-order valence-corrected chi connectivity index (χ0v) is 10.9. The molecule has 0 saturated carbocycles. The van der Waals surface area contributed by atoms with E-state index in [1.165, 1.54) is 0 Å². The maximum absolute atomic E-state index is 4.64. The van der Waals surface area contributed by atoms with Gasteiger partial charge in [0.05, 0.1) is 0 Å². The number of nitrogens with zero attached hydrogens (tertiary/aromatic N) is 4. The number of piperazine rings is 1. The second-order valence-corrected chi connectivity index (χ2v) is 4.42. The van der Waals surface area contributed by atoms with Gasteiger partial charge in [0.25, 0.3) is 0 Å². The molecule has 2 heterocycles. The van der Waals surface area contributed by atoms with Gasteiger partial charge < -0.3 is 15.1 Å². The van der Waals surface area contributed by atoms with Gasteiger partial charge in [-0.2, -0.15) is 4.98 Å². The van der Waals surface area contributed by atoms with E-state index in [1.807, 2.05) is 14.0 Å². The van der Waals surface area contributed by atoms with E-state index in [-0.39, 0.29) is 0 Å². The summed E-state index contributed by atoms with van der Waals surface area (Å²) in [5, 5.41) is 3.35. The number of anilines is 2. The maximum Gasteiger partial charge on any atom is 0.227 e. The van der Waals surface area contributed by atoms with E-state index >= 15 is 0 Å². The lowest BCUT2D eigenvalue weighted by molar-refractivity contribution is 0.584. The first-order valence-electron chi connectivity index (χ1n) is 6.23. The van der Waals surface area contributed by atoms with Gasteiger partial charge >= 0.3 is 0 Å². The molecule has 1 aliphatic rings. The van der Waals surface area contributed by atoms with Crippen LogP contribution < -0.4 is 15.1 Å². The standard InChI is InChI=1S/C12H21N5/c1-4-16(3)12-14-10(2)9-11(15-12)17-7-5-13-6-8-17/h9,13H,4-8H2,1-3H3. The van der Waals surface area contributed by atoms with E-state index in [1.54, 1.807) is 0 Å². The molecule has 0 radical (unpaired) electrons. The van der Waals surface area contributed by atoms with Crippen molar-refractivity contribution in [1.82, 2.24) is 15.3 Å². The topological polar surface area (TPSA) is 44.3 Å². The fourth-order valence-corrected chi connectivity index (χ4v) is 1.90. The summed E-state index contributed by atoms with van der Waals surface area (Å²) in [6, 6.07) is 2.07. The summed E-state index contributed by atoms with van der Waals surface area (Å²) < 4.78 is 0. The third-order valence-corrected chi connectivity index (χ3v) is 3.09. The summed E-state index contributed by atoms with van der Waals surface area (Å²) in [5.41, 5.74) is 1.03. The number of aromatic nitrogens is 2. The number of aryl methyl sites for hydroxylation is 1. The molecule has 5 heteroatoms. The van der Waals surface area contributed by atoms with Crippen molar-refractivity contribution in [3.63, 3.8) is 0 Å². The monoisotopic (exact) mass is 235 g/mol. The molecule has 1 saturated heterocycles. The van der Waals surface area contributed by atoms with Crippen molar-refractivity contribution in [2.24, 2.45) is 0 Å². The Kier molecular flexibility index (Phi) is 3.78. The van der Waals surface area contributed by atoms with Gasteiger partial charge in [0.2, 0.25) is 5.95 Å². The van der Waals surface area contributed by atoms with Gasteiger partial charge in [-0.25, -0.2) is 4.98 Å². The van der Waals surface area contributed by atoms with Crippen molar-refractivity contribution in [2.45, 2.75) is 13.8 Å². The van der Waals surface area contributed by atoms with E-state index in [0.717, 1.165) is 50.2 Å². The second kappa shape index (κ2) is 5.31. The van der Waals surface area contributed by atoms with Crippen molar-refractivity contribution in [3.8, 4) is 0 Å². The minimum atomic E-state index is 0.820. The van der Waals surface area contributed by atoms with Crippen LogP contribution in [0.4, 0.5) is 11.8 Å². The van der Waals surface area contributed by atoms with Gasteiger partial charge in [-0.3, -0.25) is 0 Å². The van der Waals surface area contributed by atoms with Crippen LogP contribution in [0.2, 0.25) is 0 Å². The van der Waals surface area contributed by atoms with Gasteiger partial charge in [-0.05, 0) is 13.8 Å². The van der Waals surface area contributed by atoms with Crippen molar-refractivity contribution in [3.05, 3.63) is 11.8 Å². The normalized spacial score (nSPS) is 16.1. The smallest absolute Gasteiger partial charge is 0.227 e. The molecule has 1 fully saturated rings. The van der Waals surface area contributed by atoms with E-state index in [4.69, 9.17) is 0 Å². The van der Waals surface area contributed by atoms with E-state index in [9.17, 15) is 0 Å². The SMILES string of the molecule is CCN(C)c1nc(C)cc(N2CCNCC2)n1. The quantitative estimate of drug-likeness (QED) is 0.833. The Labute approximate surface area is 103 Å². The van der Waals surface area contributed by atoms with Crippen LogP contribution in [0.25, 0.3) is 0 Å². The summed E-state index contributed by atoms with van der Waals surface area (Å²) in [7, 11) is 2.02. The van der Waals surface area contributed by atoms with Gasteiger partial charge in [-0.15, -0.1) is 0 Å². The van der Waals surface area contributed by atoms with Crippen LogP contribution in [-0.2, 0) is 0 Å². The molecule has 0 bridgehead atoms. The first-order valence-corrected chi connectivity index (χ1v) is 6.23. The molecule has 1 aromatic heterocycles. The minimum Gasteiger partial charge on any atom is -0.354 e. The molecule has 94 valence electrons. The minimum absolute atomic E-state index is 0.820. The first kappa shape index (κ1) is 12.1. The summed E-state index contributed by atoms with van der Waals surface area (Å²) in [6.45, 7) is 9.16. The maximum atomic E-state index is 4.64. The van der Waals surface area contributed by atoms with Crippen LogP contribution in [0.5, 0.6) is 0 Å². The molecule has 1 aliphatic heterocycles. The summed E-state index contributed by atoms with van der Waals surface area (Å²) in [6.07, 6.45) is 0. The van der Waals surface area contributed by atoms with Crippen molar-refractivity contribution < 1.29 is 0 Å². The lowest BCUT2D eigenvalue weighted by Crippen LogP contribution is -2.44. The van der Waals surface area contributed by atoms with Crippen molar-refractivity contribution >= 4 is 11.8 Å². The van der Waals surface area contributed by atoms with Crippen LogP contribution in [0.15, 0.2) is 6.07 Å². The largest absolute Gasteiger partial charge is 0.354 e. The molecule has 2 rings (SSSR count). The molecule has 0 spiro atoms. The van der Waals surface area contributed by atoms with Crippen LogP contribution >= 0.6 is 0 Å². The average molecular weight is 235 g/mol. The highest BCUT2D eigenvalue weighted by Gasteiger charge is 2.14. The predicted molar refractivity (Wildman–Crippen MR) is 70.8 cm³/mol. The Morgan fingerprint density at radius 1 is 1.35 bits per heavy atom. The highest BCUT2D eigenvalue weighted by Crippen LogP contribution is 2.16. The Morgan fingerprint density at radius 3 is 2.71 bits per heavy atom. The molecular weight excluding hydrogens is 214 g/mol. The lowest BCUT2D eigenvalue weighted by Gasteiger charge is -2.29. The zero-order chi connectivity index (χ0) is 12.3. The molecule has 5 nitrogen and oxygen atoms in total. The van der Waals surface area contributed by atoms with E-state index < -0.39 is 0 Å². The van der Waals surface area contributed by atoms with E-state index in [0.29, 0.717) is 0 Å².